The molecule has 0 spiro atoms. The summed E-state index contributed by atoms with van der Waals surface area (Å²) in [6, 6.07) is 2.05. The van der Waals surface area contributed by atoms with Crippen LogP contribution in [0.15, 0.2) is 12.3 Å². The predicted molar refractivity (Wildman–Crippen MR) is 66.6 cm³/mol. The maximum absolute atomic E-state index is 12.2. The average molecular weight is 236 g/mol. The number of nitrogens with two attached hydrogens (primary N) is 1. The van der Waals surface area contributed by atoms with Gasteiger partial charge in [0, 0.05) is 18.7 Å². The lowest BCUT2D eigenvalue weighted by atomic mass is 9.68. The van der Waals surface area contributed by atoms with Crippen molar-refractivity contribution in [2.75, 3.05) is 11.9 Å². The number of carbonyl (C=O) groups excluding carboxylic acids is 1. The summed E-state index contributed by atoms with van der Waals surface area (Å²) in [6.45, 7) is 4.49. The van der Waals surface area contributed by atoms with E-state index in [0.717, 1.165) is 25.1 Å². The Morgan fingerprint density at radius 3 is 2.82 bits per heavy atom. The van der Waals surface area contributed by atoms with Crippen LogP contribution in [0.25, 0.3) is 0 Å². The van der Waals surface area contributed by atoms with Gasteiger partial charge in [-0.1, -0.05) is 6.42 Å². The topological polar surface area (TPSA) is 72.9 Å². The summed E-state index contributed by atoms with van der Waals surface area (Å²) >= 11 is 0. The second kappa shape index (κ2) is 4.49. The van der Waals surface area contributed by atoms with Crippen LogP contribution in [-0.2, 0) is 4.79 Å². The first-order chi connectivity index (χ1) is 8.09. The zero-order chi connectivity index (χ0) is 12.5. The lowest BCUT2D eigenvalue weighted by Gasteiger charge is -2.39. The number of hydrogen-bond acceptors (Lipinski definition) is 3. The van der Waals surface area contributed by atoms with E-state index in [1.54, 1.807) is 10.9 Å². The van der Waals surface area contributed by atoms with Crippen molar-refractivity contribution < 1.29 is 4.79 Å². The second-order valence-corrected chi connectivity index (χ2v) is 5.05. The van der Waals surface area contributed by atoms with Gasteiger partial charge in [-0.05, 0) is 26.7 Å². The Bertz CT molecular complexity index is 401. The molecule has 1 saturated carbocycles. The Morgan fingerprint density at radius 1 is 1.65 bits per heavy atom. The molecule has 2 rings (SSSR count). The van der Waals surface area contributed by atoms with E-state index in [0.29, 0.717) is 6.54 Å². The van der Waals surface area contributed by atoms with Crippen molar-refractivity contribution in [3.05, 3.63) is 12.3 Å². The highest BCUT2D eigenvalue weighted by molar-refractivity contribution is 5.95. The van der Waals surface area contributed by atoms with Crippen molar-refractivity contribution in [3.8, 4) is 0 Å². The number of rotatable bonds is 4. The third kappa shape index (κ3) is 2.07. The molecule has 5 heteroatoms. The highest BCUT2D eigenvalue weighted by atomic mass is 16.2. The molecule has 0 saturated heterocycles. The quantitative estimate of drug-likeness (QED) is 0.832. The summed E-state index contributed by atoms with van der Waals surface area (Å²) in [5.41, 5.74) is 5.37. The van der Waals surface area contributed by atoms with Crippen LogP contribution < -0.4 is 11.1 Å². The highest BCUT2D eigenvalue weighted by Crippen LogP contribution is 2.40. The zero-order valence-corrected chi connectivity index (χ0v) is 10.4. The Labute approximate surface area is 101 Å². The van der Waals surface area contributed by atoms with E-state index in [9.17, 15) is 4.79 Å². The van der Waals surface area contributed by atoms with Crippen LogP contribution in [0.4, 0.5) is 5.82 Å². The zero-order valence-electron chi connectivity index (χ0n) is 10.4. The molecule has 94 valence electrons. The first-order valence-electron chi connectivity index (χ1n) is 6.14. The molecular weight excluding hydrogens is 216 g/mol. The molecule has 0 radical (unpaired) electrons. The maximum Gasteiger partial charge on any atom is 0.233 e. The number of amides is 1. The largest absolute Gasteiger partial charge is 0.329 e. The van der Waals surface area contributed by atoms with Crippen LogP contribution >= 0.6 is 0 Å². The molecule has 3 N–H and O–H groups in total. The Balaban J connectivity index is 2.10. The van der Waals surface area contributed by atoms with E-state index in [2.05, 4.69) is 10.4 Å². The predicted octanol–water partition coefficient (Wildman–Crippen LogP) is 1.53. The van der Waals surface area contributed by atoms with E-state index in [-0.39, 0.29) is 17.4 Å². The van der Waals surface area contributed by atoms with E-state index in [1.807, 2.05) is 19.9 Å². The minimum Gasteiger partial charge on any atom is -0.329 e. The minimum atomic E-state index is -0.341. The fourth-order valence-electron chi connectivity index (χ4n) is 2.20. The molecule has 0 unspecified atom stereocenters. The minimum absolute atomic E-state index is 0.0358. The third-order valence-corrected chi connectivity index (χ3v) is 3.58. The fraction of sp³-hybridized carbons (Fsp3) is 0.667. The van der Waals surface area contributed by atoms with Gasteiger partial charge in [-0.15, -0.1) is 0 Å². The molecule has 17 heavy (non-hydrogen) atoms. The van der Waals surface area contributed by atoms with Crippen LogP contribution in [0.1, 0.15) is 39.2 Å². The van der Waals surface area contributed by atoms with E-state index in [1.165, 1.54) is 0 Å². The summed E-state index contributed by atoms with van der Waals surface area (Å²) in [7, 11) is 0. The van der Waals surface area contributed by atoms with Crippen molar-refractivity contribution in [3.63, 3.8) is 0 Å². The average Bonchev–Trinajstić information content (AvgIpc) is 2.65. The number of carbonyl (C=O) groups is 1. The van der Waals surface area contributed by atoms with Gasteiger partial charge in [0.1, 0.15) is 5.82 Å². The standard InChI is InChI=1S/C12H20N4O/c1-9(2)16-10(4-7-14-16)15-11(17)12(8-13)5-3-6-12/h4,7,9H,3,5-6,8,13H2,1-2H3,(H,15,17). The maximum atomic E-state index is 12.2. The van der Waals surface area contributed by atoms with Gasteiger partial charge in [-0.25, -0.2) is 4.68 Å². The molecule has 1 aromatic heterocycles. The first-order valence-corrected chi connectivity index (χ1v) is 6.14. The summed E-state index contributed by atoms with van der Waals surface area (Å²) in [4.78, 5) is 12.2. The number of hydrogen-bond donors (Lipinski definition) is 2. The van der Waals surface area contributed by atoms with Crippen LogP contribution in [0, 0.1) is 5.41 Å². The lowest BCUT2D eigenvalue weighted by Crippen LogP contribution is -2.47. The lowest BCUT2D eigenvalue weighted by molar-refractivity contribution is -0.129. The molecule has 5 nitrogen and oxygen atoms in total. The molecule has 1 heterocycles. The summed E-state index contributed by atoms with van der Waals surface area (Å²) in [5, 5.41) is 7.14. The van der Waals surface area contributed by atoms with Gasteiger partial charge in [0.15, 0.2) is 0 Å². The highest BCUT2D eigenvalue weighted by Gasteiger charge is 2.43. The van der Waals surface area contributed by atoms with Crippen molar-refractivity contribution in [2.45, 2.75) is 39.2 Å². The van der Waals surface area contributed by atoms with E-state index in [4.69, 9.17) is 5.73 Å². The summed E-state index contributed by atoms with van der Waals surface area (Å²) in [5.74, 6) is 0.790. The molecule has 0 aliphatic heterocycles. The molecule has 1 aliphatic carbocycles. The van der Waals surface area contributed by atoms with Crippen LogP contribution in [0.3, 0.4) is 0 Å². The van der Waals surface area contributed by atoms with Gasteiger partial charge in [-0.3, -0.25) is 4.79 Å². The second-order valence-electron chi connectivity index (χ2n) is 5.05. The monoisotopic (exact) mass is 236 g/mol. The van der Waals surface area contributed by atoms with Crippen LogP contribution in [0.5, 0.6) is 0 Å². The Kier molecular flexibility index (Phi) is 3.19. The SMILES string of the molecule is CC(C)n1nccc1NC(=O)C1(CN)CCC1. The number of aromatic nitrogens is 2. The van der Waals surface area contributed by atoms with Gasteiger partial charge in [-0.2, -0.15) is 5.10 Å². The Hall–Kier alpha value is -1.36. The molecule has 0 aromatic carbocycles. The first kappa shape index (κ1) is 12.1. The van der Waals surface area contributed by atoms with Crippen molar-refractivity contribution in [1.29, 1.82) is 0 Å². The number of nitrogens with zero attached hydrogens (tertiary/aromatic N) is 2. The molecule has 1 amide bonds. The van der Waals surface area contributed by atoms with Gasteiger partial charge in [0.05, 0.1) is 11.6 Å². The van der Waals surface area contributed by atoms with Gasteiger partial charge >= 0.3 is 0 Å². The summed E-state index contributed by atoms with van der Waals surface area (Å²) in [6.07, 6.45) is 4.58. The molecule has 0 bridgehead atoms. The third-order valence-electron chi connectivity index (χ3n) is 3.58. The molecule has 1 fully saturated rings. The fourth-order valence-corrected chi connectivity index (χ4v) is 2.20. The van der Waals surface area contributed by atoms with Crippen molar-refractivity contribution in [1.82, 2.24) is 9.78 Å². The molecule has 0 atom stereocenters. The normalized spacial score (nSPS) is 17.9. The smallest absolute Gasteiger partial charge is 0.233 e. The van der Waals surface area contributed by atoms with Crippen molar-refractivity contribution in [2.24, 2.45) is 11.1 Å². The summed E-state index contributed by atoms with van der Waals surface area (Å²) < 4.78 is 1.81. The van der Waals surface area contributed by atoms with Crippen LogP contribution in [0.2, 0.25) is 0 Å². The van der Waals surface area contributed by atoms with Gasteiger partial charge in [0.2, 0.25) is 5.91 Å². The Morgan fingerprint density at radius 2 is 2.35 bits per heavy atom. The number of anilines is 1. The van der Waals surface area contributed by atoms with E-state index >= 15 is 0 Å². The van der Waals surface area contributed by atoms with Crippen LogP contribution in [-0.4, -0.2) is 22.2 Å². The van der Waals surface area contributed by atoms with Gasteiger partial charge < -0.3 is 11.1 Å². The molecule has 1 aliphatic rings. The van der Waals surface area contributed by atoms with Gasteiger partial charge in [0.25, 0.3) is 0 Å². The van der Waals surface area contributed by atoms with Crippen molar-refractivity contribution >= 4 is 11.7 Å². The number of nitrogens with one attached hydrogen (secondary N) is 1. The molecular formula is C12H20N4O. The van der Waals surface area contributed by atoms with E-state index < -0.39 is 0 Å². The molecule has 1 aromatic rings.